The largest absolute Gasteiger partial charge is 0.303 e. The van der Waals surface area contributed by atoms with Crippen LogP contribution < -0.4 is 0 Å². The summed E-state index contributed by atoms with van der Waals surface area (Å²) in [4.78, 5) is 10.0. The molecule has 0 aromatic carbocycles. The van der Waals surface area contributed by atoms with E-state index in [2.05, 4.69) is 16.1 Å². The number of rotatable bonds is 5. The van der Waals surface area contributed by atoms with E-state index in [1.54, 1.807) is 0 Å². The molecule has 0 amide bonds. The second kappa shape index (κ2) is 3.29. The van der Waals surface area contributed by atoms with E-state index in [1.165, 1.54) is 0 Å². The molecule has 0 spiro atoms. The van der Waals surface area contributed by atoms with Crippen molar-refractivity contribution in [2.45, 2.75) is 31.3 Å². The van der Waals surface area contributed by atoms with Crippen molar-refractivity contribution in [3.63, 3.8) is 0 Å². The zero-order chi connectivity index (χ0) is 8.16. The Morgan fingerprint density at radius 2 is 2.18 bits per heavy atom. The molecule has 0 saturated heterocycles. The Hall–Kier alpha value is -1.17. The highest BCUT2D eigenvalue weighted by Crippen LogP contribution is 2.37. The van der Waals surface area contributed by atoms with Crippen LogP contribution in [0.1, 0.15) is 25.7 Å². The first-order valence-electron chi connectivity index (χ1n) is 3.64. The van der Waals surface area contributed by atoms with E-state index in [4.69, 9.17) is 6.42 Å². The number of aldehydes is 1. The van der Waals surface area contributed by atoms with Gasteiger partial charge in [-0.15, -0.1) is 12.3 Å². The van der Waals surface area contributed by atoms with Crippen LogP contribution in [0.2, 0.25) is 0 Å². The van der Waals surface area contributed by atoms with Crippen LogP contribution >= 0.6 is 0 Å². The number of hydrogen-bond donors (Lipinski definition) is 0. The number of terminal acetylenes is 1. The van der Waals surface area contributed by atoms with Crippen LogP contribution in [0.3, 0.4) is 0 Å². The van der Waals surface area contributed by atoms with Crippen molar-refractivity contribution in [2.75, 3.05) is 0 Å². The number of hydrogen-bond acceptors (Lipinski definition) is 3. The molecule has 0 aromatic heterocycles. The molecule has 0 bridgehead atoms. The molecule has 3 heteroatoms. The van der Waals surface area contributed by atoms with Gasteiger partial charge < -0.3 is 4.79 Å². The first-order chi connectivity index (χ1) is 5.33. The molecule has 0 fully saturated rings. The first-order valence-corrected chi connectivity index (χ1v) is 3.64. The summed E-state index contributed by atoms with van der Waals surface area (Å²) >= 11 is 0. The standard InChI is InChI=1S/C8H10N2O/c1-2-3-5-8(9-10-8)6-4-7-11/h1,7H,3-6H2. The lowest BCUT2D eigenvalue weighted by atomic mass is 10.0. The van der Waals surface area contributed by atoms with Crippen molar-refractivity contribution in [3.05, 3.63) is 0 Å². The topological polar surface area (TPSA) is 41.8 Å². The van der Waals surface area contributed by atoms with Crippen LogP contribution in [0.25, 0.3) is 0 Å². The summed E-state index contributed by atoms with van der Waals surface area (Å²) in [5.74, 6) is 2.53. The van der Waals surface area contributed by atoms with Gasteiger partial charge in [0.2, 0.25) is 0 Å². The SMILES string of the molecule is C#CCCC1(CCC=O)N=N1. The molecular weight excluding hydrogens is 140 g/mol. The predicted octanol–water partition coefficient (Wildman–Crippen LogP) is 1.54. The molecule has 0 aromatic rings. The zero-order valence-electron chi connectivity index (χ0n) is 6.29. The summed E-state index contributed by atoms with van der Waals surface area (Å²) in [7, 11) is 0. The third kappa shape index (κ3) is 2.15. The van der Waals surface area contributed by atoms with Crippen LogP contribution in [-0.4, -0.2) is 11.9 Å². The summed E-state index contributed by atoms with van der Waals surface area (Å²) < 4.78 is 0. The monoisotopic (exact) mass is 150 g/mol. The molecule has 11 heavy (non-hydrogen) atoms. The van der Waals surface area contributed by atoms with Gasteiger partial charge in [-0.25, -0.2) is 0 Å². The third-order valence-electron chi connectivity index (χ3n) is 1.72. The highest BCUT2D eigenvalue weighted by atomic mass is 16.1. The van der Waals surface area contributed by atoms with Crippen molar-refractivity contribution >= 4 is 6.29 Å². The minimum absolute atomic E-state index is 0.271. The van der Waals surface area contributed by atoms with E-state index in [0.717, 1.165) is 19.1 Å². The van der Waals surface area contributed by atoms with Crippen molar-refractivity contribution in [1.82, 2.24) is 0 Å². The quantitative estimate of drug-likeness (QED) is 0.433. The average molecular weight is 150 g/mol. The summed E-state index contributed by atoms with van der Waals surface area (Å²) in [6.45, 7) is 0. The Kier molecular flexibility index (Phi) is 2.37. The number of nitrogens with zero attached hydrogens (tertiary/aromatic N) is 2. The van der Waals surface area contributed by atoms with E-state index in [9.17, 15) is 4.79 Å². The van der Waals surface area contributed by atoms with Gasteiger partial charge in [0.25, 0.3) is 0 Å². The molecule has 1 rings (SSSR count). The number of carbonyl (C=O) groups is 1. The summed E-state index contributed by atoms with van der Waals surface area (Å²) in [5, 5.41) is 7.76. The molecule has 0 unspecified atom stereocenters. The van der Waals surface area contributed by atoms with Crippen molar-refractivity contribution in [2.24, 2.45) is 10.2 Å². The Labute approximate surface area is 65.9 Å². The van der Waals surface area contributed by atoms with Crippen LogP contribution in [0.15, 0.2) is 10.2 Å². The van der Waals surface area contributed by atoms with Crippen LogP contribution in [-0.2, 0) is 4.79 Å². The smallest absolute Gasteiger partial charge is 0.192 e. The van der Waals surface area contributed by atoms with Crippen molar-refractivity contribution in [3.8, 4) is 12.3 Å². The first kappa shape index (κ1) is 7.93. The molecule has 1 heterocycles. The maximum atomic E-state index is 10.0. The van der Waals surface area contributed by atoms with E-state index < -0.39 is 0 Å². The fourth-order valence-electron chi connectivity index (χ4n) is 0.958. The second-order valence-electron chi connectivity index (χ2n) is 2.59. The van der Waals surface area contributed by atoms with E-state index in [0.29, 0.717) is 12.8 Å². The van der Waals surface area contributed by atoms with Gasteiger partial charge in [0.05, 0.1) is 0 Å². The predicted molar refractivity (Wildman–Crippen MR) is 41.0 cm³/mol. The fourth-order valence-corrected chi connectivity index (χ4v) is 0.958. The maximum absolute atomic E-state index is 10.0. The number of carbonyl (C=O) groups excluding carboxylic acids is 1. The maximum Gasteiger partial charge on any atom is 0.192 e. The lowest BCUT2D eigenvalue weighted by Crippen LogP contribution is -2.10. The average Bonchev–Trinajstić information content (AvgIpc) is 2.79. The van der Waals surface area contributed by atoms with Gasteiger partial charge in [0.15, 0.2) is 5.66 Å². The van der Waals surface area contributed by atoms with Gasteiger partial charge in [-0.1, -0.05) is 0 Å². The third-order valence-corrected chi connectivity index (χ3v) is 1.72. The highest BCUT2D eigenvalue weighted by Gasteiger charge is 2.38. The van der Waals surface area contributed by atoms with Crippen LogP contribution in [0.5, 0.6) is 0 Å². The van der Waals surface area contributed by atoms with E-state index >= 15 is 0 Å². The molecule has 0 N–H and O–H groups in total. The lowest BCUT2D eigenvalue weighted by molar-refractivity contribution is -0.108. The molecule has 1 aliphatic rings. The molecule has 58 valence electrons. The molecular formula is C8H10N2O. The Morgan fingerprint density at radius 3 is 2.64 bits per heavy atom. The van der Waals surface area contributed by atoms with Gasteiger partial charge in [-0.3, -0.25) is 0 Å². The fraction of sp³-hybridized carbons (Fsp3) is 0.625. The molecule has 3 nitrogen and oxygen atoms in total. The minimum Gasteiger partial charge on any atom is -0.303 e. The lowest BCUT2D eigenvalue weighted by Gasteiger charge is -2.04. The normalized spacial score (nSPS) is 17.4. The highest BCUT2D eigenvalue weighted by molar-refractivity contribution is 5.49. The van der Waals surface area contributed by atoms with E-state index in [1.807, 2.05) is 0 Å². The minimum atomic E-state index is -0.271. The Bertz CT molecular complexity index is 209. The molecule has 0 saturated carbocycles. The molecule has 0 atom stereocenters. The van der Waals surface area contributed by atoms with Gasteiger partial charge in [-0.05, 0) is 0 Å². The van der Waals surface area contributed by atoms with Crippen LogP contribution in [0.4, 0.5) is 0 Å². The summed E-state index contributed by atoms with van der Waals surface area (Å²) in [5.41, 5.74) is -0.271. The second-order valence-corrected chi connectivity index (χ2v) is 2.59. The van der Waals surface area contributed by atoms with E-state index in [-0.39, 0.29) is 5.66 Å². The molecule has 0 radical (unpaired) electrons. The van der Waals surface area contributed by atoms with Gasteiger partial charge in [0.1, 0.15) is 6.29 Å². The zero-order valence-corrected chi connectivity index (χ0v) is 6.29. The molecule has 1 aliphatic heterocycles. The molecule has 0 aliphatic carbocycles. The van der Waals surface area contributed by atoms with Crippen molar-refractivity contribution in [1.29, 1.82) is 0 Å². The Balaban J connectivity index is 2.19. The summed E-state index contributed by atoms with van der Waals surface area (Å²) in [6, 6.07) is 0. The van der Waals surface area contributed by atoms with Gasteiger partial charge in [0, 0.05) is 25.7 Å². The van der Waals surface area contributed by atoms with Crippen molar-refractivity contribution < 1.29 is 4.79 Å². The van der Waals surface area contributed by atoms with Gasteiger partial charge in [-0.2, -0.15) is 10.2 Å². The van der Waals surface area contributed by atoms with Crippen LogP contribution in [0, 0.1) is 12.3 Å². The van der Waals surface area contributed by atoms with Gasteiger partial charge >= 0.3 is 0 Å². The Morgan fingerprint density at radius 1 is 1.45 bits per heavy atom. The summed E-state index contributed by atoms with van der Waals surface area (Å²) in [6.07, 6.45) is 8.70.